The number of hydrogen-bond acceptors (Lipinski definition) is 5. The van der Waals surface area contributed by atoms with Gasteiger partial charge >= 0.3 is 5.97 Å². The molecule has 0 saturated heterocycles. The van der Waals surface area contributed by atoms with Crippen molar-refractivity contribution in [3.63, 3.8) is 0 Å². The van der Waals surface area contributed by atoms with Crippen molar-refractivity contribution in [1.29, 1.82) is 0 Å². The molecule has 10 heteroatoms. The molecule has 0 aliphatic carbocycles. The fourth-order valence-corrected chi connectivity index (χ4v) is 3.86. The smallest absolute Gasteiger partial charge is 0.335 e. The molecule has 0 bridgehead atoms. The number of amides is 3. The van der Waals surface area contributed by atoms with Crippen LogP contribution in [0.15, 0.2) is 77.5 Å². The number of aromatic carboxylic acids is 1. The average molecular weight is 524 g/mol. The number of hydrogen-bond donors (Lipinski definition) is 3. The van der Waals surface area contributed by atoms with Crippen molar-refractivity contribution in [3.8, 4) is 0 Å². The van der Waals surface area contributed by atoms with Crippen LogP contribution in [0.1, 0.15) is 31.8 Å². The quantitative estimate of drug-likeness (QED) is 0.386. The zero-order valence-corrected chi connectivity index (χ0v) is 20.4. The Morgan fingerprint density at radius 3 is 2.17 bits per heavy atom. The molecular formula is C26H19Cl2N3O5. The summed E-state index contributed by atoms with van der Waals surface area (Å²) in [6.07, 6.45) is 0. The van der Waals surface area contributed by atoms with Gasteiger partial charge < -0.3 is 15.7 Å². The van der Waals surface area contributed by atoms with E-state index >= 15 is 0 Å². The monoisotopic (exact) mass is 523 g/mol. The second-order valence-corrected chi connectivity index (χ2v) is 8.76. The molecular weight excluding hydrogens is 505 g/mol. The van der Waals surface area contributed by atoms with Crippen LogP contribution in [0.4, 0.5) is 11.4 Å². The number of carboxylic acid groups (broad SMARTS) is 1. The second kappa shape index (κ2) is 10.2. The highest BCUT2D eigenvalue weighted by Crippen LogP contribution is 2.31. The van der Waals surface area contributed by atoms with Crippen LogP contribution in [0, 0.1) is 6.92 Å². The lowest BCUT2D eigenvalue weighted by atomic mass is 10.1. The van der Waals surface area contributed by atoms with Gasteiger partial charge in [0.2, 0.25) is 0 Å². The molecule has 3 aromatic rings. The van der Waals surface area contributed by atoms with Crippen LogP contribution >= 0.6 is 23.2 Å². The van der Waals surface area contributed by atoms with Gasteiger partial charge in [0.15, 0.2) is 0 Å². The first-order chi connectivity index (χ1) is 17.2. The molecule has 0 radical (unpaired) electrons. The molecule has 1 aliphatic rings. The van der Waals surface area contributed by atoms with Crippen LogP contribution in [0.25, 0.3) is 0 Å². The van der Waals surface area contributed by atoms with E-state index in [1.54, 1.807) is 49.4 Å². The molecule has 3 aromatic carbocycles. The van der Waals surface area contributed by atoms with Crippen LogP contribution in [-0.4, -0.2) is 28.8 Å². The van der Waals surface area contributed by atoms with Gasteiger partial charge in [0, 0.05) is 22.8 Å². The standard InChI is InChI=1S/C26H19Cl2N3O5/c1-14-2-5-17(23(32)29-13-15-3-6-16(7-4-15)26(35)36)12-20(14)30-22-21(28)24(33)31(25(22)34)19-10-8-18(27)9-11-19/h2-12,30H,13H2,1H3,(H,29,32)(H,35,36). The van der Waals surface area contributed by atoms with Gasteiger partial charge in [-0.15, -0.1) is 0 Å². The summed E-state index contributed by atoms with van der Waals surface area (Å²) in [5.74, 6) is -2.71. The molecule has 0 saturated carbocycles. The molecule has 1 aliphatic heterocycles. The lowest BCUT2D eigenvalue weighted by Gasteiger charge is -2.16. The van der Waals surface area contributed by atoms with E-state index in [2.05, 4.69) is 10.6 Å². The van der Waals surface area contributed by atoms with E-state index in [9.17, 15) is 19.2 Å². The van der Waals surface area contributed by atoms with Gasteiger partial charge in [0.25, 0.3) is 17.7 Å². The van der Waals surface area contributed by atoms with Crippen molar-refractivity contribution in [3.05, 3.63) is 105 Å². The van der Waals surface area contributed by atoms with Crippen molar-refractivity contribution >= 4 is 58.3 Å². The van der Waals surface area contributed by atoms with E-state index in [-0.39, 0.29) is 28.7 Å². The molecule has 1 heterocycles. The van der Waals surface area contributed by atoms with E-state index in [1.807, 2.05) is 0 Å². The minimum Gasteiger partial charge on any atom is -0.478 e. The largest absolute Gasteiger partial charge is 0.478 e. The Labute approximate surface area is 216 Å². The van der Waals surface area contributed by atoms with E-state index < -0.39 is 17.8 Å². The lowest BCUT2D eigenvalue weighted by molar-refractivity contribution is -0.120. The minimum atomic E-state index is -1.03. The van der Waals surface area contributed by atoms with Crippen LogP contribution in [-0.2, 0) is 16.1 Å². The average Bonchev–Trinajstić information content (AvgIpc) is 3.07. The van der Waals surface area contributed by atoms with Crippen LogP contribution in [0.5, 0.6) is 0 Å². The molecule has 0 aromatic heterocycles. The Hall–Kier alpha value is -4.14. The van der Waals surface area contributed by atoms with Crippen molar-refractivity contribution in [1.82, 2.24) is 5.32 Å². The highest BCUT2D eigenvalue weighted by Gasteiger charge is 2.39. The molecule has 0 unspecified atom stereocenters. The Morgan fingerprint density at radius 2 is 1.53 bits per heavy atom. The van der Waals surface area contributed by atoms with Gasteiger partial charge in [-0.25, -0.2) is 9.69 Å². The molecule has 3 N–H and O–H groups in total. The topological polar surface area (TPSA) is 116 Å². The van der Waals surface area contributed by atoms with E-state index in [4.69, 9.17) is 28.3 Å². The fraction of sp³-hybridized carbons (Fsp3) is 0.0769. The summed E-state index contributed by atoms with van der Waals surface area (Å²) in [5, 5.41) is 14.9. The van der Waals surface area contributed by atoms with Crippen LogP contribution in [0.2, 0.25) is 5.02 Å². The first kappa shape index (κ1) is 25.0. The van der Waals surface area contributed by atoms with Crippen molar-refractivity contribution < 1.29 is 24.3 Å². The third-order valence-electron chi connectivity index (χ3n) is 5.53. The van der Waals surface area contributed by atoms with Crippen LogP contribution in [0.3, 0.4) is 0 Å². The van der Waals surface area contributed by atoms with Crippen molar-refractivity contribution in [2.45, 2.75) is 13.5 Å². The molecule has 36 heavy (non-hydrogen) atoms. The zero-order chi connectivity index (χ0) is 26.0. The molecule has 0 atom stereocenters. The predicted octanol–water partition coefficient (Wildman–Crippen LogP) is 4.71. The predicted molar refractivity (Wildman–Crippen MR) is 136 cm³/mol. The molecule has 182 valence electrons. The molecule has 4 rings (SSSR count). The number of halogens is 2. The summed E-state index contributed by atoms with van der Waals surface area (Å²) in [6.45, 7) is 1.97. The number of carbonyl (C=O) groups is 4. The zero-order valence-electron chi connectivity index (χ0n) is 18.8. The van der Waals surface area contributed by atoms with Gasteiger partial charge in [-0.3, -0.25) is 14.4 Å². The number of nitrogens with zero attached hydrogens (tertiary/aromatic N) is 1. The van der Waals surface area contributed by atoms with Gasteiger partial charge in [-0.05, 0) is 66.6 Å². The molecule has 3 amide bonds. The number of carboxylic acids is 1. The first-order valence-electron chi connectivity index (χ1n) is 10.7. The van der Waals surface area contributed by atoms with Gasteiger partial charge in [0.1, 0.15) is 10.7 Å². The summed E-state index contributed by atoms with van der Waals surface area (Å²) in [4.78, 5) is 50.4. The number of rotatable bonds is 7. The highest BCUT2D eigenvalue weighted by molar-refractivity contribution is 6.53. The Morgan fingerprint density at radius 1 is 0.889 bits per heavy atom. The number of aryl methyl sites for hydroxylation is 1. The summed E-state index contributed by atoms with van der Waals surface area (Å²) < 4.78 is 0. The van der Waals surface area contributed by atoms with E-state index in [1.165, 1.54) is 24.3 Å². The Bertz CT molecular complexity index is 1420. The third kappa shape index (κ3) is 5.10. The maximum atomic E-state index is 13.0. The van der Waals surface area contributed by atoms with Gasteiger partial charge in [-0.2, -0.15) is 0 Å². The Balaban J connectivity index is 1.49. The van der Waals surface area contributed by atoms with Crippen molar-refractivity contribution in [2.75, 3.05) is 10.2 Å². The molecule has 0 fully saturated rings. The lowest BCUT2D eigenvalue weighted by Crippen LogP contribution is -2.32. The molecule has 0 spiro atoms. The Kier molecular flexibility index (Phi) is 7.10. The number of imide groups is 1. The van der Waals surface area contributed by atoms with E-state index in [0.29, 0.717) is 22.0 Å². The number of anilines is 2. The maximum absolute atomic E-state index is 13.0. The summed E-state index contributed by atoms with van der Waals surface area (Å²) in [6, 6.07) is 17.2. The maximum Gasteiger partial charge on any atom is 0.335 e. The first-order valence-corrected chi connectivity index (χ1v) is 11.4. The fourth-order valence-electron chi connectivity index (χ4n) is 3.52. The highest BCUT2D eigenvalue weighted by atomic mass is 35.5. The third-order valence-corrected chi connectivity index (χ3v) is 6.13. The minimum absolute atomic E-state index is 0.101. The second-order valence-electron chi connectivity index (χ2n) is 7.95. The van der Waals surface area contributed by atoms with E-state index in [0.717, 1.165) is 16.0 Å². The normalized spacial score (nSPS) is 13.2. The summed E-state index contributed by atoms with van der Waals surface area (Å²) >= 11 is 12.1. The number of benzene rings is 3. The number of carbonyl (C=O) groups excluding carboxylic acids is 3. The van der Waals surface area contributed by atoms with Crippen LogP contribution < -0.4 is 15.5 Å². The number of nitrogens with one attached hydrogen (secondary N) is 2. The van der Waals surface area contributed by atoms with Crippen molar-refractivity contribution in [2.24, 2.45) is 0 Å². The van der Waals surface area contributed by atoms with Gasteiger partial charge in [-0.1, -0.05) is 41.4 Å². The summed E-state index contributed by atoms with van der Waals surface area (Å²) in [7, 11) is 0. The van der Waals surface area contributed by atoms with Gasteiger partial charge in [0.05, 0.1) is 11.3 Å². The SMILES string of the molecule is Cc1ccc(C(=O)NCc2ccc(C(=O)O)cc2)cc1NC1=C(Cl)C(=O)N(c2ccc(Cl)cc2)C1=O. The summed E-state index contributed by atoms with van der Waals surface area (Å²) in [5.41, 5.74) is 2.57. The molecule has 8 nitrogen and oxygen atoms in total.